The molecule has 3 fully saturated rings. The molecule has 0 spiro atoms. The minimum Gasteiger partial charge on any atom is -0.380 e. The largest absolute Gasteiger partial charge is 0.380 e. The van der Waals surface area contributed by atoms with Gasteiger partial charge in [-0.2, -0.15) is 0 Å². The van der Waals surface area contributed by atoms with Crippen molar-refractivity contribution in [1.82, 2.24) is 0 Å². The molecule has 3 aliphatic rings. The van der Waals surface area contributed by atoms with Gasteiger partial charge in [0, 0.05) is 10.8 Å². The summed E-state index contributed by atoms with van der Waals surface area (Å²) in [5, 5.41) is 0. The average Bonchev–Trinajstić information content (AvgIpc) is 2.72. The number of hydrogen-bond acceptors (Lipinski definition) is 4. The third-order valence-electron chi connectivity index (χ3n) is 6.25. The third-order valence-corrected chi connectivity index (χ3v) is 6.25. The van der Waals surface area contributed by atoms with Gasteiger partial charge in [0.1, 0.15) is 0 Å². The molecule has 2 heterocycles. The Morgan fingerprint density at radius 2 is 1.17 bits per heavy atom. The van der Waals surface area contributed by atoms with Crippen molar-refractivity contribution in [3.63, 3.8) is 0 Å². The van der Waals surface area contributed by atoms with Gasteiger partial charge in [-0.25, -0.2) is 0 Å². The molecule has 2 saturated heterocycles. The fourth-order valence-corrected chi connectivity index (χ4v) is 3.72. The SMILES string of the molecule is CCC1(COC2CCCC(OCC3(CC)COC3)CC2)COC1. The second-order valence-electron chi connectivity index (χ2n) is 8.07. The van der Waals surface area contributed by atoms with E-state index in [0.29, 0.717) is 23.0 Å². The molecule has 0 aromatic heterocycles. The lowest BCUT2D eigenvalue weighted by molar-refractivity contribution is -0.164. The third kappa shape index (κ3) is 4.28. The van der Waals surface area contributed by atoms with Crippen molar-refractivity contribution in [2.45, 2.75) is 71.0 Å². The van der Waals surface area contributed by atoms with Crippen molar-refractivity contribution in [3.8, 4) is 0 Å². The molecule has 0 radical (unpaired) electrons. The fraction of sp³-hybridized carbons (Fsp3) is 1.00. The summed E-state index contributed by atoms with van der Waals surface area (Å²) < 4.78 is 23.3. The first kappa shape index (κ1) is 17.7. The predicted octanol–water partition coefficient (Wildman–Crippen LogP) is 3.57. The molecule has 134 valence electrons. The molecule has 0 N–H and O–H groups in total. The molecule has 2 unspecified atom stereocenters. The topological polar surface area (TPSA) is 36.9 Å². The van der Waals surface area contributed by atoms with Crippen molar-refractivity contribution in [2.24, 2.45) is 10.8 Å². The summed E-state index contributed by atoms with van der Waals surface area (Å²) in [6.07, 6.45) is 9.02. The van der Waals surface area contributed by atoms with Gasteiger partial charge in [-0.05, 0) is 44.9 Å². The van der Waals surface area contributed by atoms with Crippen LogP contribution in [-0.4, -0.2) is 51.8 Å². The van der Waals surface area contributed by atoms with Gasteiger partial charge in [0.05, 0.1) is 51.8 Å². The van der Waals surface area contributed by atoms with Crippen LogP contribution in [0.15, 0.2) is 0 Å². The van der Waals surface area contributed by atoms with Crippen LogP contribution in [0.3, 0.4) is 0 Å². The molecule has 2 atom stereocenters. The predicted molar refractivity (Wildman–Crippen MR) is 89.7 cm³/mol. The molecule has 0 amide bonds. The Bertz CT molecular complexity index is 317. The van der Waals surface area contributed by atoms with Crippen LogP contribution in [0.1, 0.15) is 58.8 Å². The summed E-state index contributed by atoms with van der Waals surface area (Å²) in [7, 11) is 0. The quantitative estimate of drug-likeness (QED) is 0.639. The van der Waals surface area contributed by atoms with Gasteiger partial charge in [-0.1, -0.05) is 13.8 Å². The molecule has 2 aliphatic heterocycles. The van der Waals surface area contributed by atoms with Crippen LogP contribution in [0.2, 0.25) is 0 Å². The van der Waals surface area contributed by atoms with E-state index in [0.717, 1.165) is 65.3 Å². The smallest absolute Gasteiger partial charge is 0.0576 e. The molecule has 0 aromatic carbocycles. The average molecular weight is 326 g/mol. The summed E-state index contributed by atoms with van der Waals surface area (Å²) >= 11 is 0. The number of ether oxygens (including phenoxy) is 4. The van der Waals surface area contributed by atoms with E-state index in [9.17, 15) is 0 Å². The maximum Gasteiger partial charge on any atom is 0.0576 e. The highest BCUT2D eigenvalue weighted by molar-refractivity contribution is 4.86. The molecular weight excluding hydrogens is 292 g/mol. The Kier molecular flexibility index (Phi) is 6.00. The molecule has 23 heavy (non-hydrogen) atoms. The lowest BCUT2D eigenvalue weighted by Crippen LogP contribution is -2.46. The van der Waals surface area contributed by atoms with Crippen LogP contribution in [0.25, 0.3) is 0 Å². The van der Waals surface area contributed by atoms with E-state index >= 15 is 0 Å². The minimum absolute atomic E-state index is 0.305. The Labute approximate surface area is 141 Å². The van der Waals surface area contributed by atoms with Crippen LogP contribution in [0.4, 0.5) is 0 Å². The Morgan fingerprint density at radius 3 is 1.48 bits per heavy atom. The van der Waals surface area contributed by atoms with Gasteiger partial charge in [0.2, 0.25) is 0 Å². The normalized spacial score (nSPS) is 32.6. The van der Waals surface area contributed by atoms with E-state index in [-0.39, 0.29) is 0 Å². The van der Waals surface area contributed by atoms with Crippen LogP contribution in [0.5, 0.6) is 0 Å². The highest BCUT2D eigenvalue weighted by Gasteiger charge is 2.39. The van der Waals surface area contributed by atoms with Crippen LogP contribution >= 0.6 is 0 Å². The van der Waals surface area contributed by atoms with E-state index in [4.69, 9.17) is 18.9 Å². The zero-order valence-electron chi connectivity index (χ0n) is 15.0. The summed E-state index contributed by atoms with van der Waals surface area (Å²) in [5.41, 5.74) is 0.611. The molecule has 1 saturated carbocycles. The van der Waals surface area contributed by atoms with Gasteiger partial charge in [-0.3, -0.25) is 0 Å². The molecule has 3 rings (SSSR count). The van der Waals surface area contributed by atoms with Crippen LogP contribution < -0.4 is 0 Å². The first-order chi connectivity index (χ1) is 11.2. The highest BCUT2D eigenvalue weighted by Crippen LogP contribution is 2.35. The Hall–Kier alpha value is -0.160. The summed E-state index contributed by atoms with van der Waals surface area (Å²) in [6, 6.07) is 0. The van der Waals surface area contributed by atoms with E-state index in [1.54, 1.807) is 0 Å². The van der Waals surface area contributed by atoms with E-state index in [1.807, 2.05) is 0 Å². The molecular formula is C19H34O4. The second-order valence-corrected chi connectivity index (χ2v) is 8.07. The van der Waals surface area contributed by atoms with Gasteiger partial charge < -0.3 is 18.9 Å². The lowest BCUT2D eigenvalue weighted by Gasteiger charge is -2.41. The van der Waals surface area contributed by atoms with E-state index in [2.05, 4.69) is 13.8 Å². The summed E-state index contributed by atoms with van der Waals surface area (Å²) in [6.45, 7) is 9.75. The maximum atomic E-state index is 6.25. The molecule has 4 nitrogen and oxygen atoms in total. The van der Waals surface area contributed by atoms with Crippen molar-refractivity contribution in [2.75, 3.05) is 39.6 Å². The first-order valence-electron chi connectivity index (χ1n) is 9.58. The minimum atomic E-state index is 0.305. The van der Waals surface area contributed by atoms with E-state index in [1.165, 1.54) is 19.3 Å². The summed E-state index contributed by atoms with van der Waals surface area (Å²) in [5.74, 6) is 0. The van der Waals surface area contributed by atoms with Crippen molar-refractivity contribution in [3.05, 3.63) is 0 Å². The maximum absolute atomic E-state index is 6.25. The fourth-order valence-electron chi connectivity index (χ4n) is 3.72. The summed E-state index contributed by atoms with van der Waals surface area (Å²) in [4.78, 5) is 0. The Morgan fingerprint density at radius 1 is 0.739 bits per heavy atom. The van der Waals surface area contributed by atoms with Crippen molar-refractivity contribution < 1.29 is 18.9 Å². The zero-order chi connectivity index (χ0) is 16.2. The standard InChI is InChI=1S/C19H34O4/c1-3-18(10-20-11-18)14-22-16-6-5-7-17(9-8-16)23-15-19(4-2)12-21-13-19/h16-17H,3-15H2,1-2H3. The second kappa shape index (κ2) is 7.81. The van der Waals surface area contributed by atoms with Crippen molar-refractivity contribution >= 4 is 0 Å². The van der Waals surface area contributed by atoms with Crippen molar-refractivity contribution in [1.29, 1.82) is 0 Å². The molecule has 4 heteroatoms. The number of hydrogen-bond donors (Lipinski definition) is 0. The van der Waals surface area contributed by atoms with E-state index < -0.39 is 0 Å². The van der Waals surface area contributed by atoms with Gasteiger partial charge in [0.25, 0.3) is 0 Å². The van der Waals surface area contributed by atoms with Crippen LogP contribution in [0, 0.1) is 10.8 Å². The van der Waals surface area contributed by atoms with Gasteiger partial charge in [0.15, 0.2) is 0 Å². The first-order valence-corrected chi connectivity index (χ1v) is 9.58. The molecule has 0 aromatic rings. The molecule has 0 bridgehead atoms. The zero-order valence-corrected chi connectivity index (χ0v) is 15.0. The lowest BCUT2D eigenvalue weighted by atomic mass is 9.84. The van der Waals surface area contributed by atoms with Gasteiger partial charge in [-0.15, -0.1) is 0 Å². The number of rotatable bonds is 8. The monoisotopic (exact) mass is 326 g/mol. The molecule has 1 aliphatic carbocycles. The van der Waals surface area contributed by atoms with Crippen LogP contribution in [-0.2, 0) is 18.9 Å². The van der Waals surface area contributed by atoms with Gasteiger partial charge >= 0.3 is 0 Å². The Balaban J connectivity index is 1.37. The highest BCUT2D eigenvalue weighted by atomic mass is 16.5.